The number of anilines is 1. The molecule has 0 unspecified atom stereocenters. The van der Waals surface area contributed by atoms with E-state index < -0.39 is 0 Å². The van der Waals surface area contributed by atoms with E-state index >= 15 is 0 Å². The van der Waals surface area contributed by atoms with Crippen LogP contribution in [-0.2, 0) is 7.05 Å². The van der Waals surface area contributed by atoms with Gasteiger partial charge >= 0.3 is 0 Å². The van der Waals surface area contributed by atoms with E-state index in [-0.39, 0.29) is 0 Å². The second kappa shape index (κ2) is 11.9. The molecule has 1 aliphatic rings. The Kier molecular flexibility index (Phi) is 7.94. The van der Waals surface area contributed by atoms with Crippen LogP contribution in [0.25, 0.3) is 10.2 Å². The zero-order valence-corrected chi connectivity index (χ0v) is 22.8. The summed E-state index contributed by atoms with van der Waals surface area (Å²) in [6, 6.07) is 24.3. The Morgan fingerprint density at radius 2 is 1.61 bits per heavy atom. The van der Waals surface area contributed by atoms with Crippen LogP contribution < -0.4 is 9.70 Å². The standard InChI is InChI=1S/C29H32N8S/c1-4-37(20-19-36-18-17-34(2)22-36)26-15-13-25(14-16-26)32-31-24-11-9-23(10-12-24)21-30-33-29-35(3)27-7-5-6-8-28(27)38-29/h5-18,21H,4,19-20,22H2,1-3H3/b30-21+,32-31?,33-29-. The van der Waals surface area contributed by atoms with Crippen LogP contribution in [0.4, 0.5) is 17.1 Å². The number of aromatic nitrogens is 1. The van der Waals surface area contributed by atoms with Gasteiger partial charge in [0.2, 0.25) is 4.80 Å². The molecule has 1 aliphatic heterocycles. The minimum Gasteiger partial charge on any atom is -0.370 e. The predicted octanol–water partition coefficient (Wildman–Crippen LogP) is 6.09. The number of fused-ring (bicyclic) bond motifs is 1. The van der Waals surface area contributed by atoms with Gasteiger partial charge in [0.05, 0.1) is 34.5 Å². The Balaban J connectivity index is 1.17. The van der Waals surface area contributed by atoms with E-state index in [2.05, 4.69) is 90.3 Å². The predicted molar refractivity (Wildman–Crippen MR) is 157 cm³/mol. The molecule has 2 heterocycles. The number of para-hydroxylation sites is 1. The Hall–Kier alpha value is -4.24. The number of likely N-dealkylation sites (N-methyl/N-ethyl adjacent to an activating group) is 1. The molecule has 4 aromatic rings. The molecule has 8 nitrogen and oxygen atoms in total. The van der Waals surface area contributed by atoms with E-state index in [0.717, 1.165) is 53.6 Å². The summed E-state index contributed by atoms with van der Waals surface area (Å²) in [6.07, 6.45) is 6.02. The molecule has 0 spiro atoms. The third-order valence-corrected chi connectivity index (χ3v) is 7.53. The Labute approximate surface area is 227 Å². The van der Waals surface area contributed by atoms with Crippen molar-refractivity contribution in [2.24, 2.45) is 27.5 Å². The Bertz CT molecular complexity index is 1510. The summed E-state index contributed by atoms with van der Waals surface area (Å²) >= 11 is 1.62. The maximum atomic E-state index is 4.41. The molecule has 0 radical (unpaired) electrons. The highest BCUT2D eigenvalue weighted by Crippen LogP contribution is 2.23. The van der Waals surface area contributed by atoms with Crippen molar-refractivity contribution in [3.05, 3.63) is 95.6 Å². The number of aryl methyl sites for hydroxylation is 1. The van der Waals surface area contributed by atoms with Gasteiger partial charge in [-0.1, -0.05) is 35.6 Å². The molecule has 194 valence electrons. The lowest BCUT2D eigenvalue weighted by atomic mass is 10.2. The third-order valence-electron chi connectivity index (χ3n) is 6.43. The number of thiazole rings is 1. The SMILES string of the molecule is CCN(CCN1C=CN(C)C1)c1ccc(N=Nc2ccc(/C=N/N=c3\sc4ccccc4n3C)cc2)cc1. The number of hydrogen-bond acceptors (Lipinski definition) is 8. The fourth-order valence-corrected chi connectivity index (χ4v) is 5.22. The van der Waals surface area contributed by atoms with Gasteiger partial charge < -0.3 is 19.3 Å². The summed E-state index contributed by atoms with van der Waals surface area (Å²) in [7, 11) is 4.10. The molecule has 0 aliphatic carbocycles. The molecule has 38 heavy (non-hydrogen) atoms. The molecule has 0 bridgehead atoms. The van der Waals surface area contributed by atoms with Crippen molar-refractivity contribution in [2.75, 3.05) is 38.3 Å². The monoisotopic (exact) mass is 524 g/mol. The summed E-state index contributed by atoms with van der Waals surface area (Å²) in [5.74, 6) is 0. The van der Waals surface area contributed by atoms with Gasteiger partial charge in [-0.25, -0.2) is 0 Å². The Morgan fingerprint density at radius 3 is 2.26 bits per heavy atom. The maximum absolute atomic E-state index is 4.41. The van der Waals surface area contributed by atoms with Crippen molar-refractivity contribution in [1.82, 2.24) is 14.4 Å². The third kappa shape index (κ3) is 6.18. The molecule has 1 aromatic heterocycles. The molecule has 3 aromatic carbocycles. The van der Waals surface area contributed by atoms with Crippen molar-refractivity contribution < 1.29 is 0 Å². The van der Waals surface area contributed by atoms with Crippen LogP contribution in [0.15, 0.2) is 106 Å². The zero-order valence-electron chi connectivity index (χ0n) is 22.0. The summed E-state index contributed by atoms with van der Waals surface area (Å²) in [5.41, 5.74) is 4.92. The first kappa shape index (κ1) is 25.4. The molecule has 0 atom stereocenters. The minimum atomic E-state index is 0.790. The fraction of sp³-hybridized carbons (Fsp3) is 0.241. The molecule has 9 heteroatoms. The lowest BCUT2D eigenvalue weighted by molar-refractivity contribution is 0.301. The highest BCUT2D eigenvalue weighted by atomic mass is 32.1. The molecular weight excluding hydrogens is 492 g/mol. The molecular formula is C29H32N8S. The van der Waals surface area contributed by atoms with Crippen molar-refractivity contribution in [1.29, 1.82) is 0 Å². The van der Waals surface area contributed by atoms with Gasteiger partial charge in [-0.3, -0.25) is 0 Å². The van der Waals surface area contributed by atoms with E-state index in [4.69, 9.17) is 0 Å². The highest BCUT2D eigenvalue weighted by molar-refractivity contribution is 7.16. The van der Waals surface area contributed by atoms with Crippen LogP contribution in [-0.4, -0.2) is 53.9 Å². The van der Waals surface area contributed by atoms with Gasteiger partial charge in [-0.15, -0.1) is 5.10 Å². The minimum absolute atomic E-state index is 0.790. The zero-order chi connectivity index (χ0) is 26.3. The summed E-state index contributed by atoms with van der Waals surface area (Å²) < 4.78 is 3.25. The molecule has 5 rings (SSSR count). The van der Waals surface area contributed by atoms with Crippen molar-refractivity contribution in [3.63, 3.8) is 0 Å². The first-order valence-electron chi connectivity index (χ1n) is 12.7. The van der Waals surface area contributed by atoms with E-state index in [1.807, 2.05) is 55.6 Å². The van der Waals surface area contributed by atoms with E-state index in [1.54, 1.807) is 17.6 Å². The molecule has 0 saturated carbocycles. The number of azo groups is 1. The van der Waals surface area contributed by atoms with Gasteiger partial charge in [0, 0.05) is 51.8 Å². The number of nitrogens with zero attached hydrogens (tertiary/aromatic N) is 8. The molecule has 0 fully saturated rings. The smallest absolute Gasteiger partial charge is 0.211 e. The van der Waals surface area contributed by atoms with E-state index in [9.17, 15) is 0 Å². The quantitative estimate of drug-likeness (QED) is 0.151. The van der Waals surface area contributed by atoms with Gasteiger partial charge in [0.25, 0.3) is 0 Å². The largest absolute Gasteiger partial charge is 0.370 e. The van der Waals surface area contributed by atoms with Crippen LogP contribution >= 0.6 is 11.3 Å². The van der Waals surface area contributed by atoms with Gasteiger partial charge in [-0.2, -0.15) is 15.3 Å². The van der Waals surface area contributed by atoms with Crippen molar-refractivity contribution in [3.8, 4) is 0 Å². The van der Waals surface area contributed by atoms with Gasteiger partial charge in [0.15, 0.2) is 0 Å². The highest BCUT2D eigenvalue weighted by Gasteiger charge is 2.11. The summed E-state index contributed by atoms with van der Waals surface area (Å²) in [6.45, 7) is 6.06. The first-order chi connectivity index (χ1) is 18.6. The average molecular weight is 525 g/mol. The lowest BCUT2D eigenvalue weighted by Crippen LogP contribution is -2.33. The fourth-order valence-electron chi connectivity index (χ4n) is 4.25. The van der Waals surface area contributed by atoms with Crippen LogP contribution in [0.5, 0.6) is 0 Å². The normalized spacial score (nSPS) is 14.1. The molecule has 0 saturated heterocycles. The molecule has 0 amide bonds. The second-order valence-electron chi connectivity index (χ2n) is 9.15. The van der Waals surface area contributed by atoms with E-state index in [0.29, 0.717) is 0 Å². The Morgan fingerprint density at radius 1 is 0.895 bits per heavy atom. The number of rotatable bonds is 9. The van der Waals surface area contributed by atoms with Crippen molar-refractivity contribution >= 4 is 44.8 Å². The number of benzene rings is 3. The lowest BCUT2D eigenvalue weighted by Gasteiger charge is -2.26. The average Bonchev–Trinajstić information content (AvgIpc) is 3.51. The summed E-state index contributed by atoms with van der Waals surface area (Å²) in [4.78, 5) is 7.74. The van der Waals surface area contributed by atoms with Crippen LogP contribution in [0.3, 0.4) is 0 Å². The van der Waals surface area contributed by atoms with Gasteiger partial charge in [0.1, 0.15) is 0 Å². The maximum Gasteiger partial charge on any atom is 0.211 e. The molecule has 0 N–H and O–H groups in total. The van der Waals surface area contributed by atoms with Crippen LogP contribution in [0.2, 0.25) is 0 Å². The summed E-state index contributed by atoms with van der Waals surface area (Å²) in [5, 5.41) is 17.5. The van der Waals surface area contributed by atoms with Crippen LogP contribution in [0.1, 0.15) is 12.5 Å². The number of hydrogen-bond donors (Lipinski definition) is 0. The topological polar surface area (TPSA) is 64.1 Å². The van der Waals surface area contributed by atoms with Crippen LogP contribution in [0, 0.1) is 0 Å². The van der Waals surface area contributed by atoms with E-state index in [1.165, 1.54) is 10.4 Å². The second-order valence-corrected chi connectivity index (χ2v) is 10.2. The first-order valence-corrected chi connectivity index (χ1v) is 13.5. The van der Waals surface area contributed by atoms with Gasteiger partial charge in [-0.05, 0) is 61.0 Å². The van der Waals surface area contributed by atoms with Crippen molar-refractivity contribution in [2.45, 2.75) is 6.92 Å².